The van der Waals surface area contributed by atoms with Crippen LogP contribution in [0, 0.1) is 6.07 Å². The van der Waals surface area contributed by atoms with Crippen LogP contribution in [0.5, 0.6) is 5.75 Å². The highest BCUT2D eigenvalue weighted by atomic mass is 32.2. The molecule has 3 aromatic rings. The van der Waals surface area contributed by atoms with Gasteiger partial charge in [0.05, 0.1) is 32.8 Å². The van der Waals surface area contributed by atoms with Crippen molar-refractivity contribution in [2.45, 2.75) is 51.5 Å². The molecule has 43 heavy (non-hydrogen) atoms. The van der Waals surface area contributed by atoms with Crippen molar-refractivity contribution in [3.05, 3.63) is 63.5 Å². The van der Waals surface area contributed by atoms with E-state index in [1.54, 1.807) is 26.2 Å². The second-order valence-corrected chi connectivity index (χ2v) is 13.0. The summed E-state index contributed by atoms with van der Waals surface area (Å²) in [5, 5.41) is 3.97. The van der Waals surface area contributed by atoms with E-state index in [1.807, 2.05) is 30.3 Å². The van der Waals surface area contributed by atoms with E-state index in [2.05, 4.69) is 25.5 Å². The molecular weight excluding hydrogens is 566 g/mol. The number of hydrogen-bond donors (Lipinski definition) is 2. The summed E-state index contributed by atoms with van der Waals surface area (Å²) in [6.07, 6.45) is 7.49. The normalized spacial score (nSPS) is 15.0. The van der Waals surface area contributed by atoms with Gasteiger partial charge in [-0.05, 0) is 66.3 Å². The fourth-order valence-corrected chi connectivity index (χ4v) is 6.57. The molecule has 1 saturated carbocycles. The summed E-state index contributed by atoms with van der Waals surface area (Å²) < 4.78 is 35.6. The molecule has 2 aliphatic rings. The van der Waals surface area contributed by atoms with Crippen molar-refractivity contribution in [2.24, 2.45) is 0 Å². The molecule has 0 atom stereocenters. The van der Waals surface area contributed by atoms with E-state index >= 15 is 0 Å². The smallest absolute Gasteiger partial charge is 0.303 e. The molecule has 2 amide bonds. The summed E-state index contributed by atoms with van der Waals surface area (Å²) in [6, 6.07) is 14.0. The van der Waals surface area contributed by atoms with Crippen molar-refractivity contribution in [3.8, 4) is 23.1 Å². The van der Waals surface area contributed by atoms with E-state index in [0.29, 0.717) is 30.3 Å². The van der Waals surface area contributed by atoms with Gasteiger partial charge in [-0.15, -0.1) is 0 Å². The van der Waals surface area contributed by atoms with Crippen molar-refractivity contribution in [1.29, 1.82) is 0 Å². The lowest BCUT2D eigenvalue weighted by Crippen LogP contribution is -2.39. The Morgan fingerprint density at radius 1 is 1.09 bits per heavy atom. The van der Waals surface area contributed by atoms with Crippen LogP contribution in [0.3, 0.4) is 0 Å². The first-order valence-electron chi connectivity index (χ1n) is 14.6. The predicted octanol–water partition coefficient (Wildman–Crippen LogP) is 4.77. The van der Waals surface area contributed by atoms with E-state index in [-0.39, 0.29) is 18.0 Å². The van der Waals surface area contributed by atoms with Crippen LogP contribution >= 0.6 is 0 Å². The van der Waals surface area contributed by atoms with Gasteiger partial charge in [-0.25, -0.2) is 4.72 Å². The molecule has 0 bridgehead atoms. The lowest BCUT2D eigenvalue weighted by molar-refractivity contribution is -0.117. The molecule has 2 N–H and O–H groups in total. The second kappa shape index (κ2) is 12.6. The summed E-state index contributed by atoms with van der Waals surface area (Å²) in [5.74, 6) is 0.0769. The van der Waals surface area contributed by atoms with Crippen molar-refractivity contribution in [2.75, 3.05) is 34.3 Å². The number of amides is 2. The third-order valence-electron chi connectivity index (χ3n) is 8.21. The summed E-state index contributed by atoms with van der Waals surface area (Å²) >= 11 is 0. The van der Waals surface area contributed by atoms with Gasteiger partial charge in [-0.1, -0.05) is 30.2 Å². The third kappa shape index (κ3) is 6.17. The van der Waals surface area contributed by atoms with E-state index in [0.717, 1.165) is 57.7 Å². The molecule has 0 unspecified atom stereocenters. The molecule has 2 heterocycles. The zero-order chi connectivity index (χ0) is 30.7. The molecule has 2 aromatic carbocycles. The van der Waals surface area contributed by atoms with E-state index in [1.165, 1.54) is 26.1 Å². The molecule has 0 saturated heterocycles. The Morgan fingerprint density at radius 3 is 2.56 bits per heavy atom. The van der Waals surface area contributed by atoms with Gasteiger partial charge in [0, 0.05) is 41.7 Å². The van der Waals surface area contributed by atoms with Crippen LogP contribution in [0.15, 0.2) is 42.0 Å². The SMILES string of the molecule is CC#[N+]CCNC(=O)C1=Cc2cc(OC)ccc2-c2c(C3CCCCC3)c3ccc(C(=O)NS(=O)(=O)N(C)C)cc3n2C1. The van der Waals surface area contributed by atoms with Gasteiger partial charge >= 0.3 is 10.2 Å². The quantitative estimate of drug-likeness (QED) is 0.360. The minimum absolute atomic E-state index is 0.208. The van der Waals surface area contributed by atoms with E-state index < -0.39 is 16.1 Å². The zero-order valence-electron chi connectivity index (χ0n) is 25.1. The van der Waals surface area contributed by atoms with E-state index in [4.69, 9.17) is 4.74 Å². The number of carbonyl (C=O) groups is 2. The molecule has 5 rings (SSSR count). The van der Waals surface area contributed by atoms with Crippen LogP contribution in [-0.4, -0.2) is 63.4 Å². The predicted molar refractivity (Wildman–Crippen MR) is 169 cm³/mol. The maximum Gasteiger partial charge on any atom is 0.303 e. The third-order valence-corrected chi connectivity index (χ3v) is 9.62. The summed E-state index contributed by atoms with van der Waals surface area (Å²) in [4.78, 5) is 30.7. The van der Waals surface area contributed by atoms with Crippen LogP contribution in [0.2, 0.25) is 0 Å². The van der Waals surface area contributed by atoms with Crippen LogP contribution < -0.4 is 14.8 Å². The average molecular weight is 605 g/mol. The Morgan fingerprint density at radius 2 is 1.86 bits per heavy atom. The number of benzene rings is 2. The number of nitrogens with one attached hydrogen (secondary N) is 2. The van der Waals surface area contributed by atoms with Crippen LogP contribution in [0.4, 0.5) is 0 Å². The van der Waals surface area contributed by atoms with Gasteiger partial charge in [0.25, 0.3) is 18.5 Å². The topological polar surface area (TPSA) is 114 Å². The fourth-order valence-electron chi connectivity index (χ4n) is 6.04. The number of ether oxygens (including phenoxy) is 1. The Bertz CT molecular complexity index is 1770. The zero-order valence-corrected chi connectivity index (χ0v) is 25.9. The maximum atomic E-state index is 13.5. The Hall–Kier alpha value is -4.14. The van der Waals surface area contributed by atoms with Crippen LogP contribution in [0.1, 0.15) is 66.4 Å². The molecule has 0 spiro atoms. The standard InChI is InChI=1S/C32H37N5O5S/c1-5-33-15-16-34-31(38)24-17-23-18-25(42-4)12-14-26(23)30-29(21-9-7-6-8-10-21)27-13-11-22(19-28(27)37(30)20-24)32(39)35-43(40,41)36(2)3/h11-14,17-19,21H,6-10,15-16,20H2,1-4H3,(H-,34,35,38,39)/p+1. The van der Waals surface area contributed by atoms with E-state index in [9.17, 15) is 18.0 Å². The molecule has 1 aliphatic carbocycles. The Kier molecular flexibility index (Phi) is 8.89. The molecule has 1 aromatic heterocycles. The molecule has 0 radical (unpaired) electrons. The number of rotatable bonds is 8. The van der Waals surface area contributed by atoms with Crippen molar-refractivity contribution in [3.63, 3.8) is 0 Å². The number of carbonyl (C=O) groups excluding carboxylic acids is 2. The highest BCUT2D eigenvalue weighted by molar-refractivity contribution is 7.87. The Labute approximate surface area is 252 Å². The van der Waals surface area contributed by atoms with Gasteiger partial charge in [0.1, 0.15) is 5.75 Å². The molecule has 11 heteroatoms. The average Bonchev–Trinajstić information content (AvgIpc) is 3.21. The monoisotopic (exact) mass is 604 g/mol. The lowest BCUT2D eigenvalue weighted by atomic mass is 9.81. The van der Waals surface area contributed by atoms with Gasteiger partial charge in [0.15, 0.2) is 0 Å². The first-order chi connectivity index (χ1) is 20.6. The first-order valence-corrected chi connectivity index (χ1v) is 16.0. The molecule has 226 valence electrons. The minimum Gasteiger partial charge on any atom is -0.497 e. The maximum absolute atomic E-state index is 13.5. The van der Waals surface area contributed by atoms with Gasteiger partial charge in [-0.3, -0.25) is 9.59 Å². The van der Waals surface area contributed by atoms with Gasteiger partial charge < -0.3 is 14.6 Å². The first kappa shape index (κ1) is 30.3. The summed E-state index contributed by atoms with van der Waals surface area (Å²) in [6.45, 7) is 2.79. The van der Waals surface area contributed by atoms with Crippen molar-refractivity contribution < 1.29 is 22.7 Å². The number of hydrogen-bond acceptors (Lipinski definition) is 5. The van der Waals surface area contributed by atoms with Crippen LogP contribution in [0.25, 0.3) is 33.1 Å². The van der Waals surface area contributed by atoms with Crippen LogP contribution in [-0.2, 0) is 21.5 Å². The largest absolute Gasteiger partial charge is 0.497 e. The molecule has 1 aliphatic heterocycles. The minimum atomic E-state index is -3.97. The molecule has 1 fully saturated rings. The second-order valence-electron chi connectivity index (χ2n) is 11.1. The van der Waals surface area contributed by atoms with Gasteiger partial charge in [0.2, 0.25) is 5.91 Å². The fraction of sp³-hybridized carbons (Fsp3) is 0.406. The number of fused-ring (bicyclic) bond motifs is 5. The van der Waals surface area contributed by atoms with Crippen molar-refractivity contribution >= 4 is 39.0 Å². The lowest BCUT2D eigenvalue weighted by Gasteiger charge is -2.24. The van der Waals surface area contributed by atoms with Gasteiger partial charge in [-0.2, -0.15) is 12.7 Å². The summed E-state index contributed by atoms with van der Waals surface area (Å²) in [5.41, 5.74) is 5.62. The number of methoxy groups -OCH3 is 1. The number of nitrogens with zero attached hydrogens (tertiary/aromatic N) is 3. The highest BCUT2D eigenvalue weighted by Gasteiger charge is 2.31. The summed E-state index contributed by atoms with van der Waals surface area (Å²) in [7, 11) is 0.370. The highest BCUT2D eigenvalue weighted by Crippen LogP contribution is 2.47. The molecular formula is C32H38N5O5S+. The van der Waals surface area contributed by atoms with Crippen molar-refractivity contribution in [1.82, 2.24) is 18.9 Å². The Balaban J connectivity index is 1.71. The number of aromatic nitrogens is 1. The molecule has 10 nitrogen and oxygen atoms in total.